The first-order valence-electron chi connectivity index (χ1n) is 10.3. The Kier molecular flexibility index (Phi) is 6.42. The lowest BCUT2D eigenvalue weighted by Crippen LogP contribution is -2.34. The highest BCUT2D eigenvalue weighted by Gasteiger charge is 2.34. The summed E-state index contributed by atoms with van der Waals surface area (Å²) >= 11 is 5.81. The molecule has 6 nitrogen and oxygen atoms in total. The molecule has 1 saturated carbocycles. The summed E-state index contributed by atoms with van der Waals surface area (Å²) < 4.78 is 40.8. The van der Waals surface area contributed by atoms with Gasteiger partial charge in [-0.1, -0.05) is 17.7 Å². The summed E-state index contributed by atoms with van der Waals surface area (Å²) in [7, 11) is 0. The molecular formula is C23H20ClF3N4O2. The number of nitrogens with zero attached hydrogens (tertiary/aromatic N) is 2. The number of benzene rings is 2. The van der Waals surface area contributed by atoms with Gasteiger partial charge in [-0.25, -0.2) is 4.68 Å². The molecule has 1 aromatic heterocycles. The maximum absolute atomic E-state index is 13.1. The minimum atomic E-state index is -4.47. The van der Waals surface area contributed by atoms with Crippen LogP contribution in [0.5, 0.6) is 0 Å². The van der Waals surface area contributed by atoms with E-state index in [4.69, 9.17) is 11.6 Å². The smallest absolute Gasteiger partial charge is 0.350 e. The first-order valence-corrected chi connectivity index (χ1v) is 10.7. The highest BCUT2D eigenvalue weighted by Crippen LogP contribution is 2.42. The van der Waals surface area contributed by atoms with Gasteiger partial charge in [0.15, 0.2) is 0 Å². The van der Waals surface area contributed by atoms with E-state index in [1.165, 1.54) is 23.0 Å². The third-order valence-corrected chi connectivity index (χ3v) is 5.49. The van der Waals surface area contributed by atoms with E-state index >= 15 is 0 Å². The average Bonchev–Trinajstić information content (AvgIpc) is 3.53. The molecule has 3 aromatic rings. The predicted molar refractivity (Wildman–Crippen MR) is 117 cm³/mol. The standard InChI is InChI=1S/C23H20ClF3N4O2/c24-17-8-6-15(7-9-17)21(32)28-10-11-29-22(33)19-13-30-31(20(19)14-4-5-14)18-3-1-2-16(12-18)23(25,26)27/h1-3,6-9,12-14H,4-5,10-11H2,(H,28,32)(H,29,33). The van der Waals surface area contributed by atoms with Crippen molar-refractivity contribution in [3.05, 3.63) is 82.1 Å². The molecule has 1 aliphatic carbocycles. The number of aromatic nitrogens is 2. The third-order valence-electron chi connectivity index (χ3n) is 5.24. The van der Waals surface area contributed by atoms with Crippen molar-refractivity contribution >= 4 is 23.4 Å². The Hall–Kier alpha value is -3.33. The Balaban J connectivity index is 1.42. The zero-order chi connectivity index (χ0) is 23.6. The maximum Gasteiger partial charge on any atom is 0.416 e. The molecule has 0 unspecified atom stereocenters. The van der Waals surface area contributed by atoms with Gasteiger partial charge in [-0.3, -0.25) is 9.59 Å². The summed E-state index contributed by atoms with van der Waals surface area (Å²) in [6.45, 7) is 0.380. The molecule has 0 atom stereocenters. The van der Waals surface area contributed by atoms with Crippen LogP contribution < -0.4 is 10.6 Å². The number of rotatable bonds is 7. The zero-order valence-corrected chi connectivity index (χ0v) is 18.1. The van der Waals surface area contributed by atoms with E-state index in [2.05, 4.69) is 15.7 Å². The maximum atomic E-state index is 13.1. The number of hydrogen-bond donors (Lipinski definition) is 2. The molecule has 0 aliphatic heterocycles. The van der Waals surface area contributed by atoms with Crippen LogP contribution in [-0.2, 0) is 6.18 Å². The van der Waals surface area contributed by atoms with Gasteiger partial charge in [-0.15, -0.1) is 0 Å². The molecule has 0 radical (unpaired) electrons. The van der Waals surface area contributed by atoms with E-state index in [0.29, 0.717) is 21.8 Å². The van der Waals surface area contributed by atoms with Crippen LogP contribution in [0.2, 0.25) is 5.02 Å². The van der Waals surface area contributed by atoms with E-state index in [0.717, 1.165) is 25.0 Å². The molecule has 1 aliphatic rings. The van der Waals surface area contributed by atoms with Gasteiger partial charge in [0.05, 0.1) is 28.7 Å². The second kappa shape index (κ2) is 9.27. The zero-order valence-electron chi connectivity index (χ0n) is 17.3. The van der Waals surface area contributed by atoms with Crippen molar-refractivity contribution in [1.82, 2.24) is 20.4 Å². The molecule has 172 valence electrons. The Morgan fingerprint density at radius 1 is 1.03 bits per heavy atom. The number of carbonyl (C=O) groups is 2. The first kappa shape index (κ1) is 22.8. The summed E-state index contributed by atoms with van der Waals surface area (Å²) in [5.41, 5.74) is 0.834. The van der Waals surface area contributed by atoms with Gasteiger partial charge < -0.3 is 10.6 Å². The van der Waals surface area contributed by atoms with E-state index in [1.807, 2.05) is 0 Å². The molecule has 2 N–H and O–H groups in total. The van der Waals surface area contributed by atoms with Crippen molar-refractivity contribution < 1.29 is 22.8 Å². The van der Waals surface area contributed by atoms with Crippen molar-refractivity contribution in [1.29, 1.82) is 0 Å². The molecule has 4 rings (SSSR count). The highest BCUT2D eigenvalue weighted by atomic mass is 35.5. The second-order valence-electron chi connectivity index (χ2n) is 7.70. The van der Waals surface area contributed by atoms with Crippen molar-refractivity contribution in [3.8, 4) is 5.69 Å². The number of alkyl halides is 3. The summed E-state index contributed by atoms with van der Waals surface area (Å²) in [6, 6.07) is 11.3. The minimum Gasteiger partial charge on any atom is -0.350 e. The van der Waals surface area contributed by atoms with Crippen LogP contribution in [0, 0.1) is 0 Å². The topological polar surface area (TPSA) is 76.0 Å². The molecule has 10 heteroatoms. The fourth-order valence-electron chi connectivity index (χ4n) is 3.45. The quantitative estimate of drug-likeness (QED) is 0.490. The number of halogens is 4. The SMILES string of the molecule is O=C(NCCNC(=O)c1cnn(-c2cccc(C(F)(F)F)c2)c1C1CC1)c1ccc(Cl)cc1. The lowest BCUT2D eigenvalue weighted by molar-refractivity contribution is -0.137. The highest BCUT2D eigenvalue weighted by molar-refractivity contribution is 6.30. The molecule has 0 spiro atoms. The summed E-state index contributed by atoms with van der Waals surface area (Å²) in [4.78, 5) is 24.9. The largest absolute Gasteiger partial charge is 0.416 e. The normalized spacial score (nSPS) is 13.6. The van der Waals surface area contributed by atoms with Gasteiger partial charge in [0, 0.05) is 29.6 Å². The van der Waals surface area contributed by atoms with E-state index in [-0.39, 0.29) is 30.6 Å². The van der Waals surface area contributed by atoms with Gasteiger partial charge in [-0.2, -0.15) is 18.3 Å². The Morgan fingerprint density at radius 2 is 1.70 bits per heavy atom. The van der Waals surface area contributed by atoms with Gasteiger partial charge in [0.25, 0.3) is 11.8 Å². The number of amides is 2. The number of carbonyl (C=O) groups excluding carboxylic acids is 2. The van der Waals surface area contributed by atoms with E-state index in [9.17, 15) is 22.8 Å². The number of hydrogen-bond acceptors (Lipinski definition) is 3. The van der Waals surface area contributed by atoms with Crippen LogP contribution in [0.25, 0.3) is 5.69 Å². The molecular weight excluding hydrogens is 457 g/mol. The predicted octanol–water partition coefficient (Wildman–Crippen LogP) is 4.58. The molecule has 2 aromatic carbocycles. The van der Waals surface area contributed by atoms with Gasteiger partial charge in [-0.05, 0) is 55.3 Å². The molecule has 1 fully saturated rings. The average molecular weight is 477 g/mol. The molecule has 0 bridgehead atoms. The lowest BCUT2D eigenvalue weighted by atomic mass is 10.1. The van der Waals surface area contributed by atoms with Gasteiger partial charge in [0.2, 0.25) is 0 Å². The lowest BCUT2D eigenvalue weighted by Gasteiger charge is -2.12. The Morgan fingerprint density at radius 3 is 2.33 bits per heavy atom. The van der Waals surface area contributed by atoms with Crippen molar-refractivity contribution in [2.75, 3.05) is 13.1 Å². The van der Waals surface area contributed by atoms with Crippen LogP contribution in [-0.4, -0.2) is 34.7 Å². The van der Waals surface area contributed by atoms with Crippen LogP contribution in [0.1, 0.15) is 50.7 Å². The fourth-order valence-corrected chi connectivity index (χ4v) is 3.58. The summed E-state index contributed by atoms with van der Waals surface area (Å²) in [5, 5.41) is 10.2. The molecule has 1 heterocycles. The van der Waals surface area contributed by atoms with Gasteiger partial charge >= 0.3 is 6.18 Å². The van der Waals surface area contributed by atoms with E-state index < -0.39 is 17.6 Å². The van der Waals surface area contributed by atoms with Crippen molar-refractivity contribution in [3.63, 3.8) is 0 Å². The van der Waals surface area contributed by atoms with Crippen LogP contribution >= 0.6 is 11.6 Å². The first-order chi connectivity index (χ1) is 15.7. The molecule has 0 saturated heterocycles. The monoisotopic (exact) mass is 476 g/mol. The molecule has 33 heavy (non-hydrogen) atoms. The van der Waals surface area contributed by atoms with E-state index in [1.54, 1.807) is 24.3 Å². The van der Waals surface area contributed by atoms with Crippen molar-refractivity contribution in [2.45, 2.75) is 24.9 Å². The molecule has 2 amide bonds. The summed E-state index contributed by atoms with van der Waals surface area (Å²) in [5.74, 6) is -0.625. The number of nitrogens with one attached hydrogen (secondary N) is 2. The second-order valence-corrected chi connectivity index (χ2v) is 8.13. The third kappa shape index (κ3) is 5.36. The van der Waals surface area contributed by atoms with Crippen LogP contribution in [0.3, 0.4) is 0 Å². The Labute approximate surface area is 192 Å². The minimum absolute atomic E-state index is 0.0624. The fraction of sp³-hybridized carbons (Fsp3) is 0.261. The van der Waals surface area contributed by atoms with Crippen LogP contribution in [0.4, 0.5) is 13.2 Å². The summed E-state index contributed by atoms with van der Waals surface area (Å²) in [6.07, 6.45) is -1.43. The van der Waals surface area contributed by atoms with Crippen LogP contribution in [0.15, 0.2) is 54.7 Å². The van der Waals surface area contributed by atoms with Gasteiger partial charge in [0.1, 0.15) is 0 Å². The van der Waals surface area contributed by atoms with Crippen molar-refractivity contribution in [2.24, 2.45) is 0 Å². The Bertz CT molecular complexity index is 1170.